The molecule has 2 heterocycles. The number of benzene rings is 1. The number of rotatable bonds is 4. The predicted octanol–water partition coefficient (Wildman–Crippen LogP) is 2.81. The summed E-state index contributed by atoms with van der Waals surface area (Å²) in [7, 11) is 0. The fourth-order valence-corrected chi connectivity index (χ4v) is 2.42. The number of phenols is 1. The highest BCUT2D eigenvalue weighted by Crippen LogP contribution is 2.27. The van der Waals surface area contributed by atoms with Gasteiger partial charge in [-0.05, 0) is 30.2 Å². The van der Waals surface area contributed by atoms with Crippen LogP contribution in [0.1, 0.15) is 28.4 Å². The molecule has 0 aliphatic carbocycles. The maximum Gasteiger partial charge on any atom is 0.338 e. The molecule has 0 unspecified atom stereocenters. The van der Waals surface area contributed by atoms with Crippen molar-refractivity contribution < 1.29 is 19.1 Å². The Labute approximate surface area is 137 Å². The number of hydrogen-bond acceptors (Lipinski definition) is 6. The van der Waals surface area contributed by atoms with Crippen molar-refractivity contribution in [3.8, 4) is 5.75 Å². The molecule has 6 nitrogen and oxygen atoms in total. The Balaban J connectivity index is 1.94. The molecule has 3 aromatic rings. The number of aromatic nitrogens is 1. The van der Waals surface area contributed by atoms with Crippen LogP contribution in [0.5, 0.6) is 5.75 Å². The third kappa shape index (κ3) is 3.12. The molecule has 1 N–H and O–H groups in total. The molecule has 1 aromatic carbocycles. The number of nitrogens with zero attached hydrogens (tertiary/aromatic N) is 1. The normalized spacial score (nSPS) is 10.7. The van der Waals surface area contributed by atoms with Crippen LogP contribution in [0.15, 0.2) is 51.9 Å². The third-order valence-electron chi connectivity index (χ3n) is 3.69. The van der Waals surface area contributed by atoms with Gasteiger partial charge in [-0.1, -0.05) is 6.92 Å². The molecule has 0 amide bonds. The standard InChI is InChI=1S/C18H15NO5/c1-2-11-7-14-13(8-17(21)24-16(14)9-15(11)20)10-23-18(22)12-3-5-19-6-4-12/h3-9,20H,2,10H2,1H3. The average molecular weight is 325 g/mol. The molecule has 2 aromatic heterocycles. The van der Waals surface area contributed by atoms with E-state index in [1.165, 1.54) is 24.5 Å². The van der Waals surface area contributed by atoms with Crippen molar-refractivity contribution in [2.75, 3.05) is 0 Å². The molecule has 6 heteroatoms. The molecule has 0 saturated carbocycles. The Hall–Kier alpha value is -3.15. The van der Waals surface area contributed by atoms with E-state index in [-0.39, 0.29) is 17.9 Å². The number of carbonyl (C=O) groups is 1. The summed E-state index contributed by atoms with van der Waals surface area (Å²) in [6, 6.07) is 7.53. The summed E-state index contributed by atoms with van der Waals surface area (Å²) >= 11 is 0. The minimum atomic E-state index is -0.568. The van der Waals surface area contributed by atoms with Gasteiger partial charge in [0.1, 0.15) is 17.9 Å². The van der Waals surface area contributed by atoms with E-state index in [1.54, 1.807) is 18.2 Å². The molecule has 3 rings (SSSR count). The fraction of sp³-hybridized carbons (Fsp3) is 0.167. The summed E-state index contributed by atoms with van der Waals surface area (Å²) < 4.78 is 10.4. The van der Waals surface area contributed by atoms with Gasteiger partial charge in [-0.15, -0.1) is 0 Å². The minimum absolute atomic E-state index is 0.0686. The summed E-state index contributed by atoms with van der Waals surface area (Å²) in [4.78, 5) is 27.6. The van der Waals surface area contributed by atoms with E-state index in [9.17, 15) is 14.7 Å². The van der Waals surface area contributed by atoms with Crippen LogP contribution >= 0.6 is 0 Å². The first-order chi connectivity index (χ1) is 11.6. The highest BCUT2D eigenvalue weighted by molar-refractivity contribution is 5.89. The number of pyridine rings is 1. The van der Waals surface area contributed by atoms with E-state index < -0.39 is 11.6 Å². The molecule has 0 fully saturated rings. The lowest BCUT2D eigenvalue weighted by molar-refractivity contribution is 0.0473. The van der Waals surface area contributed by atoms with Gasteiger partial charge in [0.25, 0.3) is 0 Å². The van der Waals surface area contributed by atoms with Crippen LogP contribution in [0.2, 0.25) is 0 Å². The van der Waals surface area contributed by atoms with Gasteiger partial charge < -0.3 is 14.3 Å². The van der Waals surface area contributed by atoms with Crippen molar-refractivity contribution in [1.29, 1.82) is 0 Å². The Morgan fingerprint density at radius 3 is 2.67 bits per heavy atom. The molecule has 0 aliphatic heterocycles. The molecular weight excluding hydrogens is 310 g/mol. The number of hydrogen-bond donors (Lipinski definition) is 1. The molecule has 0 saturated heterocycles. The SMILES string of the molecule is CCc1cc2c(COC(=O)c3ccncc3)cc(=O)oc2cc1O. The smallest absolute Gasteiger partial charge is 0.338 e. The largest absolute Gasteiger partial charge is 0.508 e. The first-order valence-corrected chi connectivity index (χ1v) is 7.44. The van der Waals surface area contributed by atoms with Gasteiger partial charge >= 0.3 is 11.6 Å². The molecule has 0 aliphatic rings. The van der Waals surface area contributed by atoms with Gasteiger partial charge in [0.15, 0.2) is 0 Å². The molecule has 0 radical (unpaired) electrons. The van der Waals surface area contributed by atoms with E-state index >= 15 is 0 Å². The maximum atomic E-state index is 12.0. The lowest BCUT2D eigenvalue weighted by atomic mass is 10.0. The molecule has 122 valence electrons. The van der Waals surface area contributed by atoms with Gasteiger partial charge in [0.05, 0.1) is 5.56 Å². The van der Waals surface area contributed by atoms with Crippen molar-refractivity contribution >= 4 is 16.9 Å². The van der Waals surface area contributed by atoms with Crippen molar-refractivity contribution in [3.05, 3.63) is 69.8 Å². The summed E-state index contributed by atoms with van der Waals surface area (Å²) in [6.07, 6.45) is 3.62. The van der Waals surface area contributed by atoms with Crippen LogP contribution in [0.4, 0.5) is 0 Å². The topological polar surface area (TPSA) is 89.6 Å². The van der Waals surface area contributed by atoms with Crippen LogP contribution in [-0.4, -0.2) is 16.1 Å². The van der Waals surface area contributed by atoms with Gasteiger partial charge in [0, 0.05) is 35.5 Å². The van der Waals surface area contributed by atoms with Gasteiger partial charge in [-0.2, -0.15) is 0 Å². The van der Waals surface area contributed by atoms with Crippen LogP contribution in [0.25, 0.3) is 11.0 Å². The van der Waals surface area contributed by atoms with E-state index in [0.717, 1.165) is 5.56 Å². The molecule has 0 spiro atoms. The Morgan fingerprint density at radius 2 is 1.96 bits per heavy atom. The summed E-state index contributed by atoms with van der Waals surface area (Å²) in [5, 5.41) is 10.5. The zero-order chi connectivity index (χ0) is 17.1. The van der Waals surface area contributed by atoms with Crippen LogP contribution in [0.3, 0.4) is 0 Å². The van der Waals surface area contributed by atoms with Crippen molar-refractivity contribution in [2.45, 2.75) is 20.0 Å². The zero-order valence-corrected chi connectivity index (χ0v) is 13.0. The molecule has 24 heavy (non-hydrogen) atoms. The van der Waals surface area contributed by atoms with E-state index in [4.69, 9.17) is 9.15 Å². The lowest BCUT2D eigenvalue weighted by Crippen LogP contribution is -2.08. The summed E-state index contributed by atoms with van der Waals surface area (Å²) in [5.74, 6) is -0.438. The number of esters is 1. The number of phenolic OH excluding ortho intramolecular Hbond substituents is 1. The van der Waals surface area contributed by atoms with Gasteiger partial charge in [-0.3, -0.25) is 4.98 Å². The Bertz CT molecular complexity index is 947. The van der Waals surface area contributed by atoms with Gasteiger partial charge in [-0.25, -0.2) is 9.59 Å². The van der Waals surface area contributed by atoms with Crippen LogP contribution in [-0.2, 0) is 17.8 Å². The molecule has 0 atom stereocenters. The lowest BCUT2D eigenvalue weighted by Gasteiger charge is -2.09. The Morgan fingerprint density at radius 1 is 1.21 bits per heavy atom. The summed E-state index contributed by atoms with van der Waals surface area (Å²) in [5.41, 5.74) is 1.31. The zero-order valence-electron chi connectivity index (χ0n) is 13.0. The number of carbonyl (C=O) groups excluding carboxylic acids is 1. The average Bonchev–Trinajstić information content (AvgIpc) is 2.59. The first-order valence-electron chi connectivity index (χ1n) is 7.44. The monoisotopic (exact) mass is 325 g/mol. The second kappa shape index (κ2) is 6.54. The second-order valence-corrected chi connectivity index (χ2v) is 5.23. The minimum Gasteiger partial charge on any atom is -0.508 e. The van der Waals surface area contributed by atoms with Crippen molar-refractivity contribution in [1.82, 2.24) is 4.98 Å². The number of aryl methyl sites for hydroxylation is 1. The Kier molecular flexibility index (Phi) is 4.29. The second-order valence-electron chi connectivity index (χ2n) is 5.23. The van der Waals surface area contributed by atoms with Crippen LogP contribution < -0.4 is 5.63 Å². The van der Waals surface area contributed by atoms with Crippen LogP contribution in [0, 0.1) is 0 Å². The quantitative estimate of drug-likeness (QED) is 0.586. The number of aromatic hydroxyl groups is 1. The number of fused-ring (bicyclic) bond motifs is 1. The van der Waals surface area contributed by atoms with E-state index in [0.29, 0.717) is 22.9 Å². The van der Waals surface area contributed by atoms with E-state index in [1.807, 2.05) is 6.92 Å². The highest BCUT2D eigenvalue weighted by atomic mass is 16.5. The third-order valence-corrected chi connectivity index (χ3v) is 3.69. The highest BCUT2D eigenvalue weighted by Gasteiger charge is 2.12. The first kappa shape index (κ1) is 15.7. The van der Waals surface area contributed by atoms with Crippen molar-refractivity contribution in [2.24, 2.45) is 0 Å². The van der Waals surface area contributed by atoms with Gasteiger partial charge in [0.2, 0.25) is 0 Å². The van der Waals surface area contributed by atoms with Crippen molar-refractivity contribution in [3.63, 3.8) is 0 Å². The van der Waals surface area contributed by atoms with E-state index in [2.05, 4.69) is 4.98 Å². The number of ether oxygens (including phenoxy) is 1. The summed E-state index contributed by atoms with van der Waals surface area (Å²) in [6.45, 7) is 1.83. The predicted molar refractivity (Wildman–Crippen MR) is 86.9 cm³/mol. The molecule has 0 bridgehead atoms. The maximum absolute atomic E-state index is 12.0. The molecular formula is C18H15NO5. The fourth-order valence-electron chi connectivity index (χ4n) is 2.42.